The van der Waals surface area contributed by atoms with E-state index < -0.39 is 40.0 Å². The molecule has 0 saturated heterocycles. The Morgan fingerprint density at radius 1 is 1.05 bits per heavy atom. The molecule has 0 spiro atoms. The third-order valence-electron chi connectivity index (χ3n) is 5.55. The number of nitrogens with zero attached hydrogens (tertiary/aromatic N) is 3. The summed E-state index contributed by atoms with van der Waals surface area (Å²) >= 11 is 9.19. The number of aromatic carboxylic acids is 1. The maximum absolute atomic E-state index is 14.3. The van der Waals surface area contributed by atoms with E-state index in [9.17, 15) is 32.3 Å². The summed E-state index contributed by atoms with van der Waals surface area (Å²) in [6.45, 7) is 0. The number of rotatable bonds is 4. The Bertz CT molecular complexity index is 1760. The average molecular weight is 609 g/mol. The van der Waals surface area contributed by atoms with Crippen molar-refractivity contribution < 1.29 is 36.7 Å². The van der Waals surface area contributed by atoms with Crippen LogP contribution in [-0.4, -0.2) is 31.7 Å². The van der Waals surface area contributed by atoms with Crippen LogP contribution < -0.4 is 0 Å². The number of hydrogen-bond acceptors (Lipinski definition) is 5. The van der Waals surface area contributed by atoms with Gasteiger partial charge < -0.3 is 9.52 Å². The monoisotopic (exact) mass is 607 g/mol. The summed E-state index contributed by atoms with van der Waals surface area (Å²) in [5.74, 6) is -3.37. The molecule has 0 unspecified atom stereocenters. The molecule has 2 aromatic heterocycles. The summed E-state index contributed by atoms with van der Waals surface area (Å²) in [7, 11) is 0. The van der Waals surface area contributed by atoms with Crippen LogP contribution in [0.4, 0.5) is 17.6 Å². The highest BCUT2D eigenvalue weighted by molar-refractivity contribution is 9.10. The molecule has 2 heterocycles. The van der Waals surface area contributed by atoms with Crippen molar-refractivity contribution in [2.24, 2.45) is 0 Å². The molecule has 0 fully saturated rings. The summed E-state index contributed by atoms with van der Waals surface area (Å²) in [6.07, 6.45) is -3.52. The van der Waals surface area contributed by atoms with Crippen molar-refractivity contribution >= 4 is 50.3 Å². The van der Waals surface area contributed by atoms with E-state index in [1.54, 1.807) is 6.07 Å². The highest BCUT2D eigenvalue weighted by atomic mass is 79.9. The van der Waals surface area contributed by atoms with Crippen molar-refractivity contribution in [2.75, 3.05) is 0 Å². The minimum atomic E-state index is -4.91. The molecule has 3 aromatic carbocycles. The van der Waals surface area contributed by atoms with Gasteiger partial charge in [-0.25, -0.2) is 14.2 Å². The number of carboxylic acid groups (broad SMARTS) is 1. The lowest BCUT2D eigenvalue weighted by molar-refractivity contribution is -0.137. The molecule has 0 bridgehead atoms. The Hall–Kier alpha value is -4.03. The predicted molar refractivity (Wildman–Crippen MR) is 131 cm³/mol. The first-order valence-electron chi connectivity index (χ1n) is 10.5. The lowest BCUT2D eigenvalue weighted by Crippen LogP contribution is -2.20. The van der Waals surface area contributed by atoms with Gasteiger partial charge in [0.15, 0.2) is 4.67 Å². The average Bonchev–Trinajstić information content (AvgIpc) is 3.46. The van der Waals surface area contributed by atoms with Gasteiger partial charge in [0.05, 0.1) is 33.4 Å². The lowest BCUT2D eigenvalue weighted by atomic mass is 10.0. The first-order chi connectivity index (χ1) is 17.9. The third-order valence-corrected chi connectivity index (χ3v) is 6.23. The maximum Gasteiger partial charge on any atom is 0.417 e. The lowest BCUT2D eigenvalue weighted by Gasteiger charge is -2.13. The summed E-state index contributed by atoms with van der Waals surface area (Å²) in [5, 5.41) is 13.3. The molecular weight excluding hydrogens is 598 g/mol. The Kier molecular flexibility index (Phi) is 6.32. The van der Waals surface area contributed by atoms with Gasteiger partial charge in [0.25, 0.3) is 5.91 Å². The Labute approximate surface area is 223 Å². The van der Waals surface area contributed by atoms with Gasteiger partial charge in [0, 0.05) is 16.5 Å². The van der Waals surface area contributed by atoms with Gasteiger partial charge >= 0.3 is 12.1 Å². The van der Waals surface area contributed by atoms with Gasteiger partial charge in [-0.2, -0.15) is 23.0 Å². The number of carbonyl (C=O) groups excluding carboxylic acids is 1. The van der Waals surface area contributed by atoms with Crippen LogP contribution >= 0.6 is 27.5 Å². The zero-order valence-corrected chi connectivity index (χ0v) is 20.9. The number of carbonyl (C=O) groups is 2. The first-order valence-corrected chi connectivity index (χ1v) is 11.7. The fourth-order valence-electron chi connectivity index (χ4n) is 3.94. The van der Waals surface area contributed by atoms with Crippen molar-refractivity contribution in [2.45, 2.75) is 6.18 Å². The van der Waals surface area contributed by atoms with E-state index >= 15 is 0 Å². The van der Waals surface area contributed by atoms with Gasteiger partial charge in [0.1, 0.15) is 11.5 Å². The van der Waals surface area contributed by atoms with Crippen LogP contribution in [0.25, 0.3) is 33.6 Å². The molecule has 5 rings (SSSR count). The molecule has 0 aliphatic rings. The minimum Gasteiger partial charge on any atom is -0.478 e. The van der Waals surface area contributed by atoms with Crippen molar-refractivity contribution in [3.05, 3.63) is 93.0 Å². The van der Waals surface area contributed by atoms with Gasteiger partial charge in [-0.15, -0.1) is 0 Å². The second kappa shape index (κ2) is 9.37. The molecule has 1 N–H and O–H groups in total. The number of carboxylic acids is 1. The normalized spacial score (nSPS) is 11.7. The SMILES string of the molecule is O=C(O)c1cc(F)cc(-c2nn(C(=O)c3c(Cl)cccc3C(F)(F)F)c3cc(-c4ncc(Br)o4)ccc23)c1. The highest BCUT2D eigenvalue weighted by Crippen LogP contribution is 2.37. The van der Waals surface area contributed by atoms with E-state index in [1.807, 2.05) is 0 Å². The molecule has 0 aliphatic heterocycles. The highest BCUT2D eigenvalue weighted by Gasteiger charge is 2.37. The van der Waals surface area contributed by atoms with E-state index in [1.165, 1.54) is 18.3 Å². The molecule has 192 valence electrons. The summed E-state index contributed by atoms with van der Waals surface area (Å²) in [6, 6.07) is 10.3. The molecule has 7 nitrogen and oxygen atoms in total. The van der Waals surface area contributed by atoms with Crippen LogP contribution in [0.15, 0.2) is 69.9 Å². The predicted octanol–water partition coefficient (Wildman–Crippen LogP) is 7.32. The fraction of sp³-hybridized carbons (Fsp3) is 0.0400. The quantitative estimate of drug-likeness (QED) is 0.215. The smallest absolute Gasteiger partial charge is 0.417 e. The Morgan fingerprint density at radius 2 is 1.82 bits per heavy atom. The zero-order valence-electron chi connectivity index (χ0n) is 18.6. The number of fused-ring (bicyclic) bond motifs is 1. The number of oxazole rings is 1. The van der Waals surface area contributed by atoms with Crippen LogP contribution in [0.5, 0.6) is 0 Å². The fourth-order valence-corrected chi connectivity index (χ4v) is 4.45. The molecule has 0 saturated carbocycles. The number of benzene rings is 3. The second-order valence-electron chi connectivity index (χ2n) is 7.96. The van der Waals surface area contributed by atoms with Crippen LogP contribution in [0, 0.1) is 5.82 Å². The minimum absolute atomic E-state index is 0.0132. The summed E-state index contributed by atoms with van der Waals surface area (Å²) in [4.78, 5) is 29.2. The zero-order chi connectivity index (χ0) is 27.4. The van der Waals surface area contributed by atoms with Crippen molar-refractivity contribution in [3.63, 3.8) is 0 Å². The molecule has 0 amide bonds. The van der Waals surface area contributed by atoms with E-state index in [0.717, 1.165) is 30.3 Å². The topological polar surface area (TPSA) is 98.2 Å². The maximum atomic E-state index is 14.3. The van der Waals surface area contributed by atoms with Crippen LogP contribution in [0.2, 0.25) is 5.02 Å². The third kappa shape index (κ3) is 4.56. The largest absolute Gasteiger partial charge is 0.478 e. The molecule has 0 radical (unpaired) electrons. The molecular formula is C25H11BrClF4N3O4. The van der Waals surface area contributed by atoms with Crippen LogP contribution in [0.3, 0.4) is 0 Å². The van der Waals surface area contributed by atoms with Crippen LogP contribution in [-0.2, 0) is 6.18 Å². The van der Waals surface area contributed by atoms with E-state index in [4.69, 9.17) is 16.0 Å². The standard InChI is InChI=1S/C25H11BrClF4N3O4/c26-19-10-32-22(38-19)11-4-5-15-18(9-11)34(23(35)20-16(25(29,30)31)2-1-3-17(20)27)33-21(15)12-6-13(24(36)37)8-14(28)7-12/h1-10H,(H,36,37). The van der Waals surface area contributed by atoms with Gasteiger partial charge in [-0.3, -0.25) is 4.79 Å². The number of hydrogen-bond donors (Lipinski definition) is 1. The Morgan fingerprint density at radius 3 is 2.47 bits per heavy atom. The van der Waals surface area contributed by atoms with Crippen molar-refractivity contribution in [3.8, 4) is 22.7 Å². The van der Waals surface area contributed by atoms with Crippen molar-refractivity contribution in [1.82, 2.24) is 14.8 Å². The molecule has 5 aromatic rings. The number of alkyl halides is 3. The first kappa shape index (κ1) is 25.6. The molecule has 0 atom stereocenters. The number of aromatic nitrogens is 3. The molecule has 38 heavy (non-hydrogen) atoms. The second-order valence-corrected chi connectivity index (χ2v) is 9.15. The number of halogens is 6. The Balaban J connectivity index is 1.80. The van der Waals surface area contributed by atoms with Crippen LogP contribution in [0.1, 0.15) is 26.3 Å². The van der Waals surface area contributed by atoms with Crippen molar-refractivity contribution in [1.29, 1.82) is 0 Å². The van der Waals surface area contributed by atoms with E-state index in [-0.39, 0.29) is 33.6 Å². The van der Waals surface area contributed by atoms with E-state index in [0.29, 0.717) is 21.0 Å². The van der Waals surface area contributed by atoms with Gasteiger partial charge in [-0.05, 0) is 64.5 Å². The molecule has 13 heteroatoms. The summed E-state index contributed by atoms with van der Waals surface area (Å²) in [5.41, 5.74) is -2.19. The van der Waals surface area contributed by atoms with Gasteiger partial charge in [-0.1, -0.05) is 17.7 Å². The molecule has 0 aliphatic carbocycles. The summed E-state index contributed by atoms with van der Waals surface area (Å²) < 4.78 is 62.1. The van der Waals surface area contributed by atoms with E-state index in [2.05, 4.69) is 26.0 Å². The van der Waals surface area contributed by atoms with Gasteiger partial charge in [0.2, 0.25) is 5.89 Å².